The van der Waals surface area contributed by atoms with Gasteiger partial charge in [-0.1, -0.05) is 6.92 Å². The summed E-state index contributed by atoms with van der Waals surface area (Å²) >= 11 is 0. The van der Waals surface area contributed by atoms with E-state index in [0.717, 1.165) is 18.4 Å². The van der Waals surface area contributed by atoms with E-state index >= 15 is 0 Å². The van der Waals surface area contributed by atoms with Gasteiger partial charge in [0.15, 0.2) is 0 Å². The number of nitrogens with zero attached hydrogens (tertiary/aromatic N) is 1. The van der Waals surface area contributed by atoms with Crippen LogP contribution in [0.1, 0.15) is 48.4 Å². The van der Waals surface area contributed by atoms with Crippen molar-refractivity contribution in [3.8, 4) is 17.0 Å². The van der Waals surface area contributed by atoms with E-state index in [2.05, 4.69) is 26.7 Å². The molecule has 2 heterocycles. The highest BCUT2D eigenvalue weighted by Gasteiger charge is 2.43. The minimum Gasteiger partial charge on any atom is -0.490 e. The quantitative estimate of drug-likeness (QED) is 0.210. The normalized spacial score (nSPS) is 15.6. The zero-order valence-corrected chi connectivity index (χ0v) is 23.9. The number of fused-ring (bicyclic) bond motifs is 1. The number of aryl methyl sites for hydroxylation is 1. The minimum atomic E-state index is -4.58. The maximum Gasteiger partial charge on any atom is 0.398 e. The van der Waals surface area contributed by atoms with Crippen LogP contribution < -0.4 is 26.4 Å². The highest BCUT2D eigenvalue weighted by Crippen LogP contribution is 2.44. The Bertz CT molecular complexity index is 1430. The van der Waals surface area contributed by atoms with E-state index in [1.165, 1.54) is 42.5 Å². The number of primary amides is 1. The molecule has 1 fully saturated rings. The lowest BCUT2D eigenvalue weighted by Gasteiger charge is -2.21. The molecule has 14 heteroatoms. The van der Waals surface area contributed by atoms with Gasteiger partial charge in [-0.2, -0.15) is 13.2 Å². The molecule has 2 aromatic carbocycles. The Kier molecular flexibility index (Phi) is 11.6. The van der Waals surface area contributed by atoms with Gasteiger partial charge in [0.25, 0.3) is 0 Å². The van der Waals surface area contributed by atoms with Crippen molar-refractivity contribution in [3.63, 3.8) is 0 Å². The van der Waals surface area contributed by atoms with Gasteiger partial charge in [0.1, 0.15) is 29.0 Å². The first-order valence-electron chi connectivity index (χ1n) is 13.5. The highest BCUT2D eigenvalue weighted by atomic mass is 19.4. The van der Waals surface area contributed by atoms with Crippen molar-refractivity contribution in [2.24, 2.45) is 5.73 Å². The third-order valence-corrected chi connectivity index (χ3v) is 6.52. The second-order valence-electron chi connectivity index (χ2n) is 10.2. The molecular weight excluding hydrogens is 589 g/mol. The van der Waals surface area contributed by atoms with E-state index in [1.54, 1.807) is 13.0 Å². The molecule has 1 saturated carbocycles. The molecule has 1 aliphatic heterocycles. The van der Waals surface area contributed by atoms with E-state index in [-0.39, 0.29) is 42.0 Å². The van der Waals surface area contributed by atoms with Gasteiger partial charge in [-0.05, 0) is 73.9 Å². The Balaban J connectivity index is 0.000000248. The maximum atomic E-state index is 13.5. The number of carbonyl (C=O) groups excluding carboxylic acids is 3. The topological polar surface area (TPSA) is 135 Å². The van der Waals surface area contributed by atoms with Gasteiger partial charge < -0.3 is 26.4 Å². The van der Waals surface area contributed by atoms with Gasteiger partial charge in [-0.25, -0.2) is 18.6 Å². The number of rotatable bonds is 7. The van der Waals surface area contributed by atoms with Gasteiger partial charge >= 0.3 is 12.2 Å². The SMILES string of the molecule is CC1COc2c1cc(C(CNC=O)C(F)(F)F)nc2-c1ccc(F)cc1.Cc1cc(F)cc(NC(=O)NC2CC2)c1.NC=O. The van der Waals surface area contributed by atoms with Crippen molar-refractivity contribution >= 4 is 24.5 Å². The predicted octanol–water partition coefficient (Wildman–Crippen LogP) is 5.30. The standard InChI is InChI=1S/C18H16F4N2O2.C11H13FN2O.CH3NO/c1-10-8-26-17-13(10)6-15(14(7-23-9-25)18(20,21)22)24-16(17)11-2-4-12(19)5-3-11;1-7-4-8(12)6-10(5-7)14-11(15)13-9-2-3-9;2-1-3/h2-6,9-10,14H,7-8H2,1H3,(H,23,25);4-6,9H,2-3H2,1H3,(H2,13,14,15);1H,(H2,2,3). The fraction of sp³-hybridized carbons (Fsp3) is 0.333. The number of halogens is 5. The summed E-state index contributed by atoms with van der Waals surface area (Å²) in [6.07, 6.45) is -2.04. The van der Waals surface area contributed by atoms with E-state index in [0.29, 0.717) is 35.2 Å². The minimum absolute atomic E-state index is 0.0983. The second-order valence-corrected chi connectivity index (χ2v) is 10.2. The van der Waals surface area contributed by atoms with Crippen LogP contribution in [0.3, 0.4) is 0 Å². The van der Waals surface area contributed by atoms with Crippen LogP contribution >= 0.6 is 0 Å². The van der Waals surface area contributed by atoms with Crippen LogP contribution in [-0.2, 0) is 9.59 Å². The first-order valence-corrected chi connectivity index (χ1v) is 13.5. The second kappa shape index (κ2) is 15.1. The Hall–Kier alpha value is -4.75. The van der Waals surface area contributed by atoms with Gasteiger partial charge in [0, 0.05) is 35.3 Å². The number of nitrogens with two attached hydrogens (primary N) is 1. The first-order chi connectivity index (χ1) is 20.9. The molecule has 0 radical (unpaired) electrons. The predicted molar refractivity (Wildman–Crippen MR) is 153 cm³/mol. The molecule has 5 N–H and O–H groups in total. The molecule has 2 unspecified atom stereocenters. The van der Waals surface area contributed by atoms with Crippen molar-refractivity contribution in [2.45, 2.75) is 50.7 Å². The van der Waals surface area contributed by atoms with Crippen molar-refractivity contribution in [1.29, 1.82) is 0 Å². The lowest BCUT2D eigenvalue weighted by molar-refractivity contribution is -0.150. The summed E-state index contributed by atoms with van der Waals surface area (Å²) in [6, 6.07) is 11.2. The summed E-state index contributed by atoms with van der Waals surface area (Å²) in [7, 11) is 0. The third-order valence-electron chi connectivity index (χ3n) is 6.52. The van der Waals surface area contributed by atoms with Gasteiger partial charge in [-0.3, -0.25) is 9.59 Å². The zero-order chi connectivity index (χ0) is 32.4. The first kappa shape index (κ1) is 33.7. The molecular formula is C30H32F5N5O4. The summed E-state index contributed by atoms with van der Waals surface area (Å²) in [5, 5.41) is 7.45. The number of hydrogen-bond donors (Lipinski definition) is 4. The summed E-state index contributed by atoms with van der Waals surface area (Å²) < 4.78 is 72.3. The lowest BCUT2D eigenvalue weighted by atomic mass is 9.95. The number of amides is 4. The number of hydrogen-bond acceptors (Lipinski definition) is 5. The summed E-state index contributed by atoms with van der Waals surface area (Å²) in [4.78, 5) is 34.6. The molecule has 1 aliphatic carbocycles. The largest absolute Gasteiger partial charge is 0.490 e. The van der Waals surface area contributed by atoms with E-state index < -0.39 is 24.5 Å². The monoisotopic (exact) mass is 621 g/mol. The number of alkyl halides is 3. The molecule has 44 heavy (non-hydrogen) atoms. The average molecular weight is 622 g/mol. The number of urea groups is 1. The van der Waals surface area contributed by atoms with Crippen LogP contribution in [0.2, 0.25) is 0 Å². The van der Waals surface area contributed by atoms with E-state index in [4.69, 9.17) is 9.53 Å². The number of benzene rings is 2. The van der Waals surface area contributed by atoms with Gasteiger partial charge in [0.05, 0.1) is 12.3 Å². The van der Waals surface area contributed by atoms with E-state index in [9.17, 15) is 31.5 Å². The number of aromatic nitrogens is 1. The van der Waals surface area contributed by atoms with Crippen LogP contribution in [0.5, 0.6) is 5.75 Å². The van der Waals surface area contributed by atoms with Gasteiger partial charge in [0.2, 0.25) is 12.8 Å². The molecule has 4 amide bonds. The Morgan fingerprint density at radius 3 is 2.32 bits per heavy atom. The molecule has 2 aliphatic rings. The van der Waals surface area contributed by atoms with Crippen molar-refractivity contribution < 1.29 is 41.1 Å². The number of carbonyl (C=O) groups is 3. The van der Waals surface area contributed by atoms with Crippen LogP contribution in [0.25, 0.3) is 11.3 Å². The van der Waals surface area contributed by atoms with Crippen molar-refractivity contribution in [3.05, 3.63) is 77.0 Å². The van der Waals surface area contributed by atoms with Crippen LogP contribution in [0.4, 0.5) is 32.4 Å². The van der Waals surface area contributed by atoms with Crippen molar-refractivity contribution in [1.82, 2.24) is 15.6 Å². The summed E-state index contributed by atoms with van der Waals surface area (Å²) in [5.74, 6) is -2.43. The Labute approximate surface area is 250 Å². The fourth-order valence-corrected chi connectivity index (χ4v) is 4.31. The van der Waals surface area contributed by atoms with Crippen LogP contribution in [-0.4, -0.2) is 49.2 Å². The van der Waals surface area contributed by atoms with Crippen LogP contribution in [0.15, 0.2) is 48.5 Å². The third kappa shape index (κ3) is 9.64. The smallest absolute Gasteiger partial charge is 0.398 e. The lowest BCUT2D eigenvalue weighted by Crippen LogP contribution is -2.32. The summed E-state index contributed by atoms with van der Waals surface area (Å²) in [5.41, 5.74) is 6.56. The molecule has 0 saturated heterocycles. The molecule has 0 spiro atoms. The molecule has 3 aromatic rings. The highest BCUT2D eigenvalue weighted by molar-refractivity contribution is 5.89. The molecule has 236 valence electrons. The molecule has 9 nitrogen and oxygen atoms in total. The Morgan fingerprint density at radius 1 is 1.09 bits per heavy atom. The molecule has 0 bridgehead atoms. The average Bonchev–Trinajstić information content (AvgIpc) is 3.67. The number of nitrogens with one attached hydrogen (secondary N) is 3. The van der Waals surface area contributed by atoms with E-state index in [1.807, 2.05) is 6.92 Å². The molecule has 1 aromatic heterocycles. The number of ether oxygens (including phenoxy) is 1. The van der Waals surface area contributed by atoms with Gasteiger partial charge in [-0.15, -0.1) is 0 Å². The molecule has 2 atom stereocenters. The summed E-state index contributed by atoms with van der Waals surface area (Å²) in [6.45, 7) is 3.35. The number of pyridine rings is 1. The zero-order valence-electron chi connectivity index (χ0n) is 23.9. The Morgan fingerprint density at radius 2 is 1.75 bits per heavy atom. The fourth-order valence-electron chi connectivity index (χ4n) is 4.31. The van der Waals surface area contributed by atoms with Crippen molar-refractivity contribution in [2.75, 3.05) is 18.5 Å². The van der Waals surface area contributed by atoms with Crippen LogP contribution in [0, 0.1) is 18.6 Å². The molecule has 5 rings (SSSR count). The maximum absolute atomic E-state index is 13.5. The number of anilines is 1.